The van der Waals surface area contributed by atoms with E-state index in [1.165, 1.54) is 0 Å². The fraction of sp³-hybridized carbons (Fsp3) is 0.417. The van der Waals surface area contributed by atoms with Gasteiger partial charge in [-0.1, -0.05) is 24.6 Å². The van der Waals surface area contributed by atoms with E-state index < -0.39 is 0 Å². The van der Waals surface area contributed by atoms with Crippen LogP contribution in [-0.4, -0.2) is 25.0 Å². The summed E-state index contributed by atoms with van der Waals surface area (Å²) in [6.07, 6.45) is 0. The van der Waals surface area contributed by atoms with E-state index in [1.807, 2.05) is 13.8 Å². The maximum absolute atomic E-state index is 11.7. The molecule has 0 aliphatic heterocycles. The van der Waals surface area contributed by atoms with E-state index in [-0.39, 0.29) is 11.9 Å². The molecule has 3 nitrogen and oxygen atoms in total. The molecule has 0 saturated carbocycles. The van der Waals surface area contributed by atoms with Crippen LogP contribution in [0, 0.1) is 0 Å². The van der Waals surface area contributed by atoms with Gasteiger partial charge in [0.05, 0.1) is 0 Å². The Balaban J connectivity index is 2.47. The summed E-state index contributed by atoms with van der Waals surface area (Å²) in [5.41, 5.74) is 0.594. The van der Waals surface area contributed by atoms with Crippen LogP contribution in [0.4, 0.5) is 0 Å². The number of benzene rings is 1. The third-order valence-electron chi connectivity index (χ3n) is 2.21. The maximum atomic E-state index is 11.7. The molecule has 88 valence electrons. The average Bonchev–Trinajstić information content (AvgIpc) is 2.26. The van der Waals surface area contributed by atoms with Gasteiger partial charge >= 0.3 is 0 Å². The lowest BCUT2D eigenvalue weighted by molar-refractivity contribution is 0.0950. The van der Waals surface area contributed by atoms with Gasteiger partial charge in [-0.15, -0.1) is 0 Å². The highest BCUT2D eigenvalue weighted by Gasteiger charge is 2.07. The Morgan fingerprint density at radius 3 is 2.88 bits per heavy atom. The molecule has 0 saturated heterocycles. The number of amides is 1. The molecule has 0 aliphatic carbocycles. The Bertz CT molecular complexity index is 355. The number of likely N-dealkylation sites (N-methyl/N-ethyl adjacent to an activating group) is 1. The van der Waals surface area contributed by atoms with Crippen LogP contribution >= 0.6 is 11.6 Å². The molecule has 0 radical (unpaired) electrons. The largest absolute Gasteiger partial charge is 0.350 e. The van der Waals surface area contributed by atoms with Gasteiger partial charge in [0.1, 0.15) is 0 Å². The van der Waals surface area contributed by atoms with Gasteiger partial charge in [0.15, 0.2) is 0 Å². The topological polar surface area (TPSA) is 41.1 Å². The molecular formula is C12H17ClN2O. The lowest BCUT2D eigenvalue weighted by Gasteiger charge is -2.13. The molecule has 0 aliphatic rings. The molecule has 0 unspecified atom stereocenters. The standard InChI is InChI=1S/C12H17ClN2O/c1-3-14-9(2)8-15-12(16)10-5-4-6-11(13)7-10/h4-7,9,14H,3,8H2,1-2H3,(H,15,16)/t9-/m1/s1. The number of hydrogen-bond donors (Lipinski definition) is 2. The van der Waals surface area contributed by atoms with E-state index in [0.29, 0.717) is 17.1 Å². The van der Waals surface area contributed by atoms with E-state index >= 15 is 0 Å². The monoisotopic (exact) mass is 240 g/mol. The Morgan fingerprint density at radius 1 is 1.50 bits per heavy atom. The normalized spacial score (nSPS) is 12.2. The van der Waals surface area contributed by atoms with E-state index in [1.54, 1.807) is 24.3 Å². The van der Waals surface area contributed by atoms with Crippen LogP contribution in [0.1, 0.15) is 24.2 Å². The lowest BCUT2D eigenvalue weighted by atomic mass is 10.2. The highest BCUT2D eigenvalue weighted by Crippen LogP contribution is 2.10. The second-order valence-corrected chi connectivity index (χ2v) is 4.12. The third kappa shape index (κ3) is 4.21. The van der Waals surface area contributed by atoms with Crippen molar-refractivity contribution in [2.75, 3.05) is 13.1 Å². The molecule has 16 heavy (non-hydrogen) atoms. The van der Waals surface area contributed by atoms with Crippen molar-refractivity contribution in [1.82, 2.24) is 10.6 Å². The van der Waals surface area contributed by atoms with Crippen molar-refractivity contribution in [2.24, 2.45) is 0 Å². The van der Waals surface area contributed by atoms with Gasteiger partial charge < -0.3 is 10.6 Å². The van der Waals surface area contributed by atoms with Crippen LogP contribution in [0.3, 0.4) is 0 Å². The van der Waals surface area contributed by atoms with Crippen molar-refractivity contribution in [3.63, 3.8) is 0 Å². The summed E-state index contributed by atoms with van der Waals surface area (Å²) >= 11 is 5.81. The van der Waals surface area contributed by atoms with Gasteiger partial charge in [0.25, 0.3) is 5.91 Å². The molecule has 0 bridgehead atoms. The Hall–Kier alpha value is -1.06. The molecule has 1 aromatic rings. The SMILES string of the molecule is CCN[C@H](C)CNC(=O)c1cccc(Cl)c1. The number of rotatable bonds is 5. The van der Waals surface area contributed by atoms with E-state index in [9.17, 15) is 4.79 Å². The predicted octanol–water partition coefficient (Wildman–Crippen LogP) is 2.07. The Morgan fingerprint density at radius 2 is 2.25 bits per heavy atom. The van der Waals surface area contributed by atoms with Gasteiger partial charge in [-0.3, -0.25) is 4.79 Å². The molecule has 1 rings (SSSR count). The molecule has 2 N–H and O–H groups in total. The maximum Gasteiger partial charge on any atom is 0.251 e. The summed E-state index contributed by atoms with van der Waals surface area (Å²) in [4.78, 5) is 11.7. The zero-order valence-electron chi connectivity index (χ0n) is 9.59. The van der Waals surface area contributed by atoms with Gasteiger partial charge in [0.2, 0.25) is 0 Å². The van der Waals surface area contributed by atoms with Crippen molar-refractivity contribution >= 4 is 17.5 Å². The second-order valence-electron chi connectivity index (χ2n) is 3.68. The van der Waals surface area contributed by atoms with Crippen molar-refractivity contribution in [1.29, 1.82) is 0 Å². The smallest absolute Gasteiger partial charge is 0.251 e. The summed E-state index contributed by atoms with van der Waals surface area (Å²) in [7, 11) is 0. The molecule has 1 atom stereocenters. The van der Waals surface area contributed by atoms with Gasteiger partial charge in [-0.2, -0.15) is 0 Å². The van der Waals surface area contributed by atoms with Gasteiger partial charge in [-0.05, 0) is 31.7 Å². The molecule has 1 aromatic carbocycles. The van der Waals surface area contributed by atoms with Crippen molar-refractivity contribution in [3.8, 4) is 0 Å². The summed E-state index contributed by atoms with van der Waals surface area (Å²) in [5.74, 6) is -0.0905. The lowest BCUT2D eigenvalue weighted by Crippen LogP contribution is -2.38. The zero-order chi connectivity index (χ0) is 12.0. The van der Waals surface area contributed by atoms with Crippen LogP contribution in [0.25, 0.3) is 0 Å². The Labute approximate surface area is 101 Å². The number of hydrogen-bond acceptors (Lipinski definition) is 2. The molecule has 0 aromatic heterocycles. The fourth-order valence-corrected chi connectivity index (χ4v) is 1.59. The minimum atomic E-state index is -0.0905. The van der Waals surface area contributed by atoms with Crippen molar-refractivity contribution in [2.45, 2.75) is 19.9 Å². The summed E-state index contributed by atoms with van der Waals surface area (Å²) in [6.45, 7) is 5.57. The van der Waals surface area contributed by atoms with E-state index in [4.69, 9.17) is 11.6 Å². The number of carbonyl (C=O) groups is 1. The Kier molecular flexibility index (Phi) is 5.29. The number of nitrogens with one attached hydrogen (secondary N) is 2. The molecule has 1 amide bonds. The first kappa shape index (κ1) is 13.0. The van der Waals surface area contributed by atoms with E-state index in [0.717, 1.165) is 6.54 Å². The van der Waals surface area contributed by atoms with Crippen LogP contribution in [-0.2, 0) is 0 Å². The van der Waals surface area contributed by atoms with Crippen LogP contribution in [0.15, 0.2) is 24.3 Å². The fourth-order valence-electron chi connectivity index (χ4n) is 1.40. The predicted molar refractivity (Wildman–Crippen MR) is 66.9 cm³/mol. The summed E-state index contributed by atoms with van der Waals surface area (Å²) in [5, 5.41) is 6.65. The molecular weight excluding hydrogens is 224 g/mol. The van der Waals surface area contributed by atoms with Gasteiger partial charge in [-0.25, -0.2) is 0 Å². The highest BCUT2D eigenvalue weighted by molar-refractivity contribution is 6.30. The van der Waals surface area contributed by atoms with Crippen molar-refractivity contribution < 1.29 is 4.79 Å². The summed E-state index contributed by atoms with van der Waals surface area (Å²) < 4.78 is 0. The number of carbonyl (C=O) groups excluding carboxylic acids is 1. The molecule has 0 fully saturated rings. The minimum absolute atomic E-state index is 0.0905. The molecule has 0 heterocycles. The van der Waals surface area contributed by atoms with Crippen molar-refractivity contribution in [3.05, 3.63) is 34.9 Å². The highest BCUT2D eigenvalue weighted by atomic mass is 35.5. The first-order valence-electron chi connectivity index (χ1n) is 5.40. The third-order valence-corrected chi connectivity index (χ3v) is 2.44. The first-order valence-corrected chi connectivity index (χ1v) is 5.78. The second kappa shape index (κ2) is 6.51. The quantitative estimate of drug-likeness (QED) is 0.827. The van der Waals surface area contributed by atoms with Crippen LogP contribution < -0.4 is 10.6 Å². The average molecular weight is 241 g/mol. The first-order chi connectivity index (χ1) is 7.63. The number of halogens is 1. The molecule has 0 spiro atoms. The van der Waals surface area contributed by atoms with E-state index in [2.05, 4.69) is 10.6 Å². The zero-order valence-corrected chi connectivity index (χ0v) is 10.3. The van der Waals surface area contributed by atoms with Gasteiger partial charge in [0, 0.05) is 23.2 Å². The van der Waals surface area contributed by atoms with Crippen LogP contribution in [0.5, 0.6) is 0 Å². The molecule has 4 heteroatoms. The minimum Gasteiger partial charge on any atom is -0.350 e. The summed E-state index contributed by atoms with van der Waals surface area (Å²) in [6, 6.07) is 7.20. The van der Waals surface area contributed by atoms with Crippen LogP contribution in [0.2, 0.25) is 5.02 Å².